The predicted molar refractivity (Wildman–Crippen MR) is 66.6 cm³/mol. The van der Waals surface area contributed by atoms with E-state index >= 15 is 0 Å². The molecule has 0 radical (unpaired) electrons. The molecule has 0 N–H and O–H groups in total. The van der Waals surface area contributed by atoms with Gasteiger partial charge < -0.3 is 0 Å². The van der Waals surface area contributed by atoms with E-state index in [1.165, 1.54) is 11.1 Å². The Hall–Kier alpha value is -1.63. The lowest BCUT2D eigenvalue weighted by atomic mass is 9.99. The van der Waals surface area contributed by atoms with Gasteiger partial charge in [-0.2, -0.15) is 0 Å². The standard InChI is InChI=1S/C15H16O/c1-3-6-13-11(2)9-10-12-7-4-5-8-14(12)15(13)16/h3-8H,9-10H2,1-2H3/b6-3-. The van der Waals surface area contributed by atoms with Gasteiger partial charge >= 0.3 is 0 Å². The molecule has 0 saturated heterocycles. The molecule has 0 unspecified atom stereocenters. The molecule has 1 nitrogen and oxygen atoms in total. The fraction of sp³-hybridized carbons (Fsp3) is 0.267. The zero-order valence-electron chi connectivity index (χ0n) is 9.79. The number of ketones is 1. The highest BCUT2D eigenvalue weighted by atomic mass is 16.1. The van der Waals surface area contributed by atoms with Gasteiger partial charge in [-0.1, -0.05) is 42.0 Å². The lowest BCUT2D eigenvalue weighted by molar-refractivity contribution is 0.103. The second-order valence-corrected chi connectivity index (χ2v) is 4.18. The van der Waals surface area contributed by atoms with E-state index in [0.717, 1.165) is 24.0 Å². The van der Waals surface area contributed by atoms with E-state index in [1.807, 2.05) is 37.3 Å². The lowest BCUT2D eigenvalue weighted by Gasteiger charge is -2.04. The maximum Gasteiger partial charge on any atom is 0.193 e. The van der Waals surface area contributed by atoms with Gasteiger partial charge in [-0.05, 0) is 32.3 Å². The molecule has 0 aliphatic heterocycles. The van der Waals surface area contributed by atoms with Crippen molar-refractivity contribution >= 4 is 5.78 Å². The number of rotatable bonds is 1. The average Bonchev–Trinajstić information content (AvgIpc) is 2.42. The Morgan fingerprint density at radius 2 is 1.94 bits per heavy atom. The molecule has 0 spiro atoms. The Labute approximate surface area is 96.5 Å². The van der Waals surface area contributed by atoms with Crippen LogP contribution in [0.3, 0.4) is 0 Å². The molecule has 0 saturated carbocycles. The Kier molecular flexibility index (Phi) is 3.04. The van der Waals surface area contributed by atoms with Gasteiger partial charge in [0.2, 0.25) is 0 Å². The molecule has 1 aliphatic carbocycles. The molecule has 0 aromatic heterocycles. The Morgan fingerprint density at radius 3 is 2.69 bits per heavy atom. The second kappa shape index (κ2) is 4.48. The van der Waals surface area contributed by atoms with Gasteiger partial charge in [0.25, 0.3) is 0 Å². The zero-order chi connectivity index (χ0) is 11.5. The van der Waals surface area contributed by atoms with Crippen LogP contribution in [-0.4, -0.2) is 5.78 Å². The maximum absolute atomic E-state index is 12.3. The molecule has 0 heterocycles. The minimum Gasteiger partial charge on any atom is -0.289 e. The molecule has 2 rings (SSSR count). The van der Waals surface area contributed by atoms with Crippen LogP contribution in [-0.2, 0) is 6.42 Å². The number of benzene rings is 1. The summed E-state index contributed by atoms with van der Waals surface area (Å²) in [6.45, 7) is 4.00. The number of hydrogen-bond acceptors (Lipinski definition) is 1. The fourth-order valence-electron chi connectivity index (χ4n) is 2.14. The second-order valence-electron chi connectivity index (χ2n) is 4.18. The van der Waals surface area contributed by atoms with Crippen LogP contribution in [0.4, 0.5) is 0 Å². The summed E-state index contributed by atoms with van der Waals surface area (Å²) < 4.78 is 0. The molecule has 16 heavy (non-hydrogen) atoms. The molecule has 0 atom stereocenters. The van der Waals surface area contributed by atoms with Crippen molar-refractivity contribution in [1.29, 1.82) is 0 Å². The van der Waals surface area contributed by atoms with E-state index < -0.39 is 0 Å². The van der Waals surface area contributed by atoms with Crippen LogP contribution in [0.1, 0.15) is 36.2 Å². The van der Waals surface area contributed by atoms with Gasteiger partial charge in [0, 0.05) is 11.1 Å². The fourth-order valence-corrected chi connectivity index (χ4v) is 2.14. The summed E-state index contributed by atoms with van der Waals surface area (Å²) in [5.41, 5.74) is 4.10. The third-order valence-corrected chi connectivity index (χ3v) is 3.07. The quantitative estimate of drug-likeness (QED) is 0.693. The first-order valence-corrected chi connectivity index (χ1v) is 5.69. The maximum atomic E-state index is 12.3. The van der Waals surface area contributed by atoms with Crippen LogP contribution in [0.25, 0.3) is 0 Å². The van der Waals surface area contributed by atoms with Crippen molar-refractivity contribution < 1.29 is 4.79 Å². The van der Waals surface area contributed by atoms with Crippen LogP contribution in [0.2, 0.25) is 0 Å². The Balaban J connectivity index is 2.54. The summed E-state index contributed by atoms with van der Waals surface area (Å²) in [5, 5.41) is 0. The third kappa shape index (κ3) is 1.85. The van der Waals surface area contributed by atoms with E-state index in [1.54, 1.807) is 0 Å². The number of allylic oxidation sites excluding steroid dienone is 4. The Bertz CT molecular complexity index is 478. The first-order valence-electron chi connectivity index (χ1n) is 5.69. The lowest BCUT2D eigenvalue weighted by Crippen LogP contribution is -2.03. The molecule has 1 aromatic rings. The summed E-state index contributed by atoms with van der Waals surface area (Å²) in [6.07, 6.45) is 5.81. The molecule has 82 valence electrons. The number of hydrogen-bond donors (Lipinski definition) is 0. The number of carbonyl (C=O) groups excluding carboxylic acids is 1. The molecule has 1 aliphatic rings. The highest BCUT2D eigenvalue weighted by molar-refractivity contribution is 6.12. The normalized spacial score (nSPS) is 16.5. The minimum atomic E-state index is 0.170. The van der Waals surface area contributed by atoms with Crippen molar-refractivity contribution in [3.63, 3.8) is 0 Å². The summed E-state index contributed by atoms with van der Waals surface area (Å²) >= 11 is 0. The molecule has 0 amide bonds. The summed E-state index contributed by atoms with van der Waals surface area (Å²) in [5.74, 6) is 0.170. The van der Waals surface area contributed by atoms with E-state index in [9.17, 15) is 4.79 Å². The van der Waals surface area contributed by atoms with E-state index in [-0.39, 0.29) is 5.78 Å². The largest absolute Gasteiger partial charge is 0.289 e. The van der Waals surface area contributed by atoms with Gasteiger partial charge in [0.05, 0.1) is 0 Å². The Morgan fingerprint density at radius 1 is 1.19 bits per heavy atom. The summed E-state index contributed by atoms with van der Waals surface area (Å²) in [4.78, 5) is 12.3. The first-order chi connectivity index (χ1) is 7.74. The van der Waals surface area contributed by atoms with Crippen molar-refractivity contribution in [2.75, 3.05) is 0 Å². The molecule has 1 heteroatoms. The first kappa shape index (κ1) is 10.9. The van der Waals surface area contributed by atoms with Gasteiger partial charge in [-0.25, -0.2) is 0 Å². The molecule has 0 bridgehead atoms. The SMILES string of the molecule is C/C=C\C1=C(C)CCc2ccccc2C1=O. The zero-order valence-corrected chi connectivity index (χ0v) is 9.79. The predicted octanol–water partition coefficient (Wildman–Crippen LogP) is 3.71. The van der Waals surface area contributed by atoms with Crippen LogP contribution in [0.5, 0.6) is 0 Å². The highest BCUT2D eigenvalue weighted by Gasteiger charge is 2.19. The minimum absolute atomic E-state index is 0.170. The van der Waals surface area contributed by atoms with Gasteiger partial charge in [0.1, 0.15) is 0 Å². The number of Topliss-reactive ketones (excluding diaryl/α,β-unsaturated/α-hetero) is 1. The number of aryl methyl sites for hydroxylation is 1. The molecular formula is C15H16O. The van der Waals surface area contributed by atoms with Crippen LogP contribution >= 0.6 is 0 Å². The van der Waals surface area contributed by atoms with Crippen molar-refractivity contribution in [1.82, 2.24) is 0 Å². The topological polar surface area (TPSA) is 17.1 Å². The number of fused-ring (bicyclic) bond motifs is 1. The van der Waals surface area contributed by atoms with E-state index in [0.29, 0.717) is 0 Å². The van der Waals surface area contributed by atoms with Crippen molar-refractivity contribution in [3.05, 3.63) is 58.7 Å². The van der Waals surface area contributed by atoms with Crippen LogP contribution < -0.4 is 0 Å². The van der Waals surface area contributed by atoms with Gasteiger partial charge in [-0.3, -0.25) is 4.79 Å². The summed E-state index contributed by atoms with van der Waals surface area (Å²) in [7, 11) is 0. The van der Waals surface area contributed by atoms with Crippen molar-refractivity contribution in [2.24, 2.45) is 0 Å². The molecule has 0 fully saturated rings. The van der Waals surface area contributed by atoms with Crippen LogP contribution in [0.15, 0.2) is 47.6 Å². The van der Waals surface area contributed by atoms with Crippen molar-refractivity contribution in [3.8, 4) is 0 Å². The van der Waals surface area contributed by atoms with Gasteiger partial charge in [-0.15, -0.1) is 0 Å². The monoisotopic (exact) mass is 212 g/mol. The van der Waals surface area contributed by atoms with Crippen molar-refractivity contribution in [2.45, 2.75) is 26.7 Å². The highest BCUT2D eigenvalue weighted by Crippen LogP contribution is 2.25. The van der Waals surface area contributed by atoms with E-state index in [4.69, 9.17) is 0 Å². The smallest absolute Gasteiger partial charge is 0.193 e. The average molecular weight is 212 g/mol. The summed E-state index contributed by atoms with van der Waals surface area (Å²) in [6, 6.07) is 7.92. The molecule has 1 aromatic carbocycles. The molecular weight excluding hydrogens is 196 g/mol. The number of carbonyl (C=O) groups is 1. The van der Waals surface area contributed by atoms with Crippen LogP contribution in [0, 0.1) is 0 Å². The third-order valence-electron chi connectivity index (χ3n) is 3.07. The van der Waals surface area contributed by atoms with E-state index in [2.05, 4.69) is 13.0 Å². The van der Waals surface area contributed by atoms with Gasteiger partial charge in [0.15, 0.2) is 5.78 Å².